The van der Waals surface area contributed by atoms with Crippen molar-refractivity contribution in [3.8, 4) is 0 Å². The normalized spacial score (nSPS) is 26.9. The summed E-state index contributed by atoms with van der Waals surface area (Å²) in [4.78, 5) is 2.05. The van der Waals surface area contributed by atoms with E-state index in [2.05, 4.69) is 5.32 Å². The lowest BCUT2D eigenvalue weighted by Crippen LogP contribution is -2.42. The first-order chi connectivity index (χ1) is 9.63. The Morgan fingerprint density at radius 1 is 1.35 bits per heavy atom. The third-order valence-corrected chi connectivity index (χ3v) is 4.38. The van der Waals surface area contributed by atoms with Gasteiger partial charge in [0, 0.05) is 25.7 Å². The zero-order valence-electron chi connectivity index (χ0n) is 12.0. The van der Waals surface area contributed by atoms with E-state index in [1.165, 1.54) is 12.8 Å². The molecule has 1 saturated heterocycles. The molecule has 1 aromatic rings. The van der Waals surface area contributed by atoms with Crippen LogP contribution in [0.2, 0.25) is 0 Å². The molecule has 0 aromatic heterocycles. The van der Waals surface area contributed by atoms with E-state index in [1.54, 1.807) is 6.07 Å². The van der Waals surface area contributed by atoms with Crippen molar-refractivity contribution in [2.24, 2.45) is 5.92 Å². The van der Waals surface area contributed by atoms with E-state index in [1.807, 2.05) is 24.0 Å². The summed E-state index contributed by atoms with van der Waals surface area (Å²) in [7, 11) is 0. The summed E-state index contributed by atoms with van der Waals surface area (Å²) in [5.74, 6) is 0.0445. The van der Waals surface area contributed by atoms with E-state index in [0.717, 1.165) is 25.2 Å². The molecule has 4 heteroatoms. The van der Waals surface area contributed by atoms with Crippen molar-refractivity contribution in [3.05, 3.63) is 29.6 Å². The van der Waals surface area contributed by atoms with Crippen LogP contribution in [0.5, 0.6) is 0 Å². The fraction of sp³-hybridized carbons (Fsp3) is 0.625. The molecule has 3 rings (SSSR count). The van der Waals surface area contributed by atoms with Gasteiger partial charge in [-0.1, -0.05) is 13.0 Å². The largest absolute Gasteiger partial charge is 0.393 e. The van der Waals surface area contributed by atoms with Gasteiger partial charge in [0.15, 0.2) is 0 Å². The van der Waals surface area contributed by atoms with E-state index < -0.39 is 0 Å². The van der Waals surface area contributed by atoms with Crippen LogP contribution in [0.15, 0.2) is 18.2 Å². The summed E-state index contributed by atoms with van der Waals surface area (Å²) in [6.07, 6.45) is 2.95. The zero-order chi connectivity index (χ0) is 14.1. The number of nitrogens with zero attached hydrogens (tertiary/aromatic N) is 1. The Kier molecular flexibility index (Phi) is 3.94. The molecule has 2 N–H and O–H groups in total. The molecule has 3 nitrogen and oxygen atoms in total. The van der Waals surface area contributed by atoms with Gasteiger partial charge in [0.25, 0.3) is 0 Å². The van der Waals surface area contributed by atoms with Crippen LogP contribution >= 0.6 is 0 Å². The minimum Gasteiger partial charge on any atom is -0.393 e. The fourth-order valence-electron chi connectivity index (χ4n) is 2.82. The number of nitrogens with one attached hydrogen (secondary N) is 1. The quantitative estimate of drug-likeness (QED) is 0.887. The number of aliphatic hydroxyl groups excluding tert-OH is 1. The summed E-state index contributed by atoms with van der Waals surface area (Å²) in [5, 5.41) is 13.2. The highest BCUT2D eigenvalue weighted by Crippen LogP contribution is 2.27. The fourth-order valence-corrected chi connectivity index (χ4v) is 2.82. The Morgan fingerprint density at radius 3 is 2.80 bits per heavy atom. The maximum absolute atomic E-state index is 14.3. The van der Waals surface area contributed by atoms with Crippen LogP contribution < -0.4 is 10.2 Å². The Morgan fingerprint density at radius 2 is 2.15 bits per heavy atom. The second-order valence-corrected chi connectivity index (χ2v) is 6.22. The average Bonchev–Trinajstić information content (AvgIpc) is 3.24. The van der Waals surface area contributed by atoms with Crippen molar-refractivity contribution in [1.82, 2.24) is 5.32 Å². The molecule has 2 unspecified atom stereocenters. The molecule has 1 aromatic carbocycles. The van der Waals surface area contributed by atoms with Gasteiger partial charge in [-0.3, -0.25) is 0 Å². The summed E-state index contributed by atoms with van der Waals surface area (Å²) in [6.45, 7) is 4.21. The van der Waals surface area contributed by atoms with Crippen molar-refractivity contribution in [3.63, 3.8) is 0 Å². The van der Waals surface area contributed by atoms with Crippen LogP contribution in [0.4, 0.5) is 10.1 Å². The minimum atomic E-state index is -0.253. The average molecular weight is 278 g/mol. The monoisotopic (exact) mass is 278 g/mol. The van der Waals surface area contributed by atoms with Gasteiger partial charge in [-0.05, 0) is 42.9 Å². The molecular weight excluding hydrogens is 255 g/mol. The maximum Gasteiger partial charge on any atom is 0.146 e. The molecule has 1 saturated carbocycles. The first-order valence-corrected chi connectivity index (χ1v) is 7.58. The highest BCUT2D eigenvalue weighted by atomic mass is 19.1. The SMILES string of the molecule is CC1CN(c2ccc(CNC3CC3)cc2F)CCC1O. The van der Waals surface area contributed by atoms with E-state index in [-0.39, 0.29) is 17.8 Å². The van der Waals surface area contributed by atoms with Crippen LogP contribution in [-0.4, -0.2) is 30.3 Å². The van der Waals surface area contributed by atoms with Gasteiger partial charge >= 0.3 is 0 Å². The van der Waals surface area contributed by atoms with Gasteiger partial charge in [0.05, 0.1) is 11.8 Å². The van der Waals surface area contributed by atoms with Crippen LogP contribution in [0, 0.1) is 11.7 Å². The number of rotatable bonds is 4. The van der Waals surface area contributed by atoms with Gasteiger partial charge in [0.2, 0.25) is 0 Å². The van der Waals surface area contributed by atoms with Crippen LogP contribution in [0.25, 0.3) is 0 Å². The topological polar surface area (TPSA) is 35.5 Å². The van der Waals surface area contributed by atoms with Gasteiger partial charge in [0.1, 0.15) is 5.82 Å². The number of benzene rings is 1. The predicted octanol–water partition coefficient (Wildman–Crippen LogP) is 2.28. The molecule has 1 heterocycles. The van der Waals surface area contributed by atoms with Crippen molar-refractivity contribution >= 4 is 5.69 Å². The Bertz CT molecular complexity index is 476. The smallest absolute Gasteiger partial charge is 0.146 e. The molecule has 2 aliphatic rings. The van der Waals surface area contributed by atoms with E-state index in [9.17, 15) is 9.50 Å². The van der Waals surface area contributed by atoms with Gasteiger partial charge in [-0.25, -0.2) is 4.39 Å². The summed E-state index contributed by atoms with van der Waals surface area (Å²) < 4.78 is 14.3. The lowest BCUT2D eigenvalue weighted by Gasteiger charge is -2.36. The molecule has 0 spiro atoms. The minimum absolute atomic E-state index is 0.149. The lowest BCUT2D eigenvalue weighted by atomic mass is 9.96. The van der Waals surface area contributed by atoms with Crippen LogP contribution in [-0.2, 0) is 6.54 Å². The second-order valence-electron chi connectivity index (χ2n) is 6.22. The zero-order valence-corrected chi connectivity index (χ0v) is 12.0. The van der Waals surface area contributed by atoms with Crippen molar-refractivity contribution in [2.75, 3.05) is 18.0 Å². The first kappa shape index (κ1) is 13.8. The summed E-state index contributed by atoms with van der Waals surface area (Å²) in [5.41, 5.74) is 1.67. The molecule has 1 aliphatic carbocycles. The van der Waals surface area contributed by atoms with Gasteiger partial charge < -0.3 is 15.3 Å². The summed E-state index contributed by atoms with van der Waals surface area (Å²) >= 11 is 0. The molecular formula is C16H23FN2O. The number of aliphatic hydroxyl groups is 1. The second kappa shape index (κ2) is 5.70. The third kappa shape index (κ3) is 3.13. The third-order valence-electron chi connectivity index (χ3n) is 4.38. The highest BCUT2D eigenvalue weighted by molar-refractivity contribution is 5.49. The standard InChI is InChI=1S/C16H23FN2O/c1-11-10-19(7-6-16(11)20)15-5-2-12(8-14(15)17)9-18-13-3-4-13/h2,5,8,11,13,16,18,20H,3-4,6-7,9-10H2,1H3. The Balaban J connectivity index is 1.66. The van der Waals surface area contributed by atoms with Gasteiger partial charge in [-0.2, -0.15) is 0 Å². The number of halogens is 1. The molecule has 2 atom stereocenters. The summed E-state index contributed by atoms with van der Waals surface area (Å²) in [6, 6.07) is 6.16. The molecule has 110 valence electrons. The van der Waals surface area contributed by atoms with E-state index in [4.69, 9.17) is 0 Å². The number of hydrogen-bond donors (Lipinski definition) is 2. The maximum atomic E-state index is 14.3. The van der Waals surface area contributed by atoms with Crippen molar-refractivity contribution in [1.29, 1.82) is 0 Å². The molecule has 2 fully saturated rings. The molecule has 0 radical (unpaired) electrons. The highest BCUT2D eigenvalue weighted by Gasteiger charge is 2.26. The van der Waals surface area contributed by atoms with Crippen LogP contribution in [0.3, 0.4) is 0 Å². The molecule has 0 amide bonds. The van der Waals surface area contributed by atoms with Crippen molar-refractivity contribution in [2.45, 2.75) is 44.9 Å². The van der Waals surface area contributed by atoms with E-state index in [0.29, 0.717) is 18.2 Å². The first-order valence-electron chi connectivity index (χ1n) is 7.58. The Labute approximate surface area is 119 Å². The number of anilines is 1. The van der Waals surface area contributed by atoms with Crippen LogP contribution in [0.1, 0.15) is 31.7 Å². The molecule has 0 bridgehead atoms. The van der Waals surface area contributed by atoms with E-state index >= 15 is 0 Å². The number of piperidine rings is 1. The van der Waals surface area contributed by atoms with Crippen molar-refractivity contribution < 1.29 is 9.50 Å². The lowest BCUT2D eigenvalue weighted by molar-refractivity contribution is 0.0969. The van der Waals surface area contributed by atoms with Gasteiger partial charge in [-0.15, -0.1) is 0 Å². The molecule has 1 aliphatic heterocycles. The Hall–Kier alpha value is -1.13. The predicted molar refractivity (Wildman–Crippen MR) is 78.3 cm³/mol. The number of hydrogen-bond acceptors (Lipinski definition) is 3. The molecule has 20 heavy (non-hydrogen) atoms.